The SMILES string of the molecule is CC(C)C(O)(CSc1ccc(Cl)cc1)c1cccnc1. The van der Waals surface area contributed by atoms with Crippen LogP contribution in [0.4, 0.5) is 0 Å². The van der Waals surface area contributed by atoms with Crippen LogP contribution in [0.25, 0.3) is 0 Å². The van der Waals surface area contributed by atoms with Gasteiger partial charge in [0.2, 0.25) is 0 Å². The fourth-order valence-corrected chi connectivity index (χ4v) is 3.27. The topological polar surface area (TPSA) is 33.1 Å². The summed E-state index contributed by atoms with van der Waals surface area (Å²) in [6, 6.07) is 11.4. The van der Waals surface area contributed by atoms with E-state index < -0.39 is 5.60 Å². The van der Waals surface area contributed by atoms with Crippen molar-refractivity contribution in [3.8, 4) is 0 Å². The van der Waals surface area contributed by atoms with Gasteiger partial charge in [-0.05, 0) is 36.2 Å². The Kier molecular flexibility index (Phi) is 5.08. The first-order chi connectivity index (χ1) is 9.52. The highest BCUT2D eigenvalue weighted by atomic mass is 35.5. The molecular formula is C16H18ClNOS. The minimum Gasteiger partial charge on any atom is -0.384 e. The molecule has 1 unspecified atom stereocenters. The molecule has 0 radical (unpaired) electrons. The second kappa shape index (κ2) is 6.61. The molecular weight excluding hydrogens is 290 g/mol. The van der Waals surface area contributed by atoms with E-state index in [2.05, 4.69) is 4.98 Å². The van der Waals surface area contributed by atoms with Gasteiger partial charge in [0.05, 0.1) is 0 Å². The van der Waals surface area contributed by atoms with E-state index in [-0.39, 0.29) is 5.92 Å². The maximum absolute atomic E-state index is 11.0. The highest BCUT2D eigenvalue weighted by molar-refractivity contribution is 7.99. The van der Waals surface area contributed by atoms with Gasteiger partial charge in [0.1, 0.15) is 5.60 Å². The number of hydrogen-bond donors (Lipinski definition) is 1. The molecule has 1 aromatic carbocycles. The van der Waals surface area contributed by atoms with Gasteiger partial charge in [-0.25, -0.2) is 0 Å². The number of aromatic nitrogens is 1. The Hall–Kier alpha value is -1.03. The van der Waals surface area contributed by atoms with Gasteiger partial charge in [-0.2, -0.15) is 0 Å². The maximum atomic E-state index is 11.0. The Labute approximate surface area is 129 Å². The summed E-state index contributed by atoms with van der Waals surface area (Å²) >= 11 is 7.50. The van der Waals surface area contributed by atoms with Gasteiger partial charge >= 0.3 is 0 Å². The first kappa shape index (κ1) is 15.4. The first-order valence-corrected chi connectivity index (χ1v) is 7.90. The molecule has 0 aliphatic rings. The Morgan fingerprint density at radius 3 is 2.50 bits per heavy atom. The van der Waals surface area contributed by atoms with Crippen LogP contribution in [0.15, 0.2) is 53.7 Å². The van der Waals surface area contributed by atoms with Crippen molar-refractivity contribution in [2.75, 3.05) is 5.75 Å². The second-order valence-corrected chi connectivity index (χ2v) is 6.55. The van der Waals surface area contributed by atoms with E-state index in [0.717, 1.165) is 15.5 Å². The third-order valence-electron chi connectivity index (χ3n) is 3.39. The first-order valence-electron chi connectivity index (χ1n) is 6.53. The van der Waals surface area contributed by atoms with Crippen molar-refractivity contribution >= 4 is 23.4 Å². The molecule has 1 atom stereocenters. The van der Waals surface area contributed by atoms with Gasteiger partial charge < -0.3 is 5.11 Å². The number of aliphatic hydroxyl groups is 1. The molecule has 0 fully saturated rings. The van der Waals surface area contributed by atoms with Gasteiger partial charge in [0, 0.05) is 33.6 Å². The highest BCUT2D eigenvalue weighted by Gasteiger charge is 2.33. The molecule has 1 heterocycles. The van der Waals surface area contributed by atoms with Crippen molar-refractivity contribution in [2.45, 2.75) is 24.3 Å². The molecule has 0 spiro atoms. The largest absolute Gasteiger partial charge is 0.384 e. The molecule has 1 aromatic heterocycles. The third-order valence-corrected chi connectivity index (χ3v) is 4.83. The number of hydrogen-bond acceptors (Lipinski definition) is 3. The van der Waals surface area contributed by atoms with Gasteiger partial charge in [-0.1, -0.05) is 31.5 Å². The summed E-state index contributed by atoms with van der Waals surface area (Å²) in [5.41, 5.74) is -0.0325. The standard InChI is InChI=1S/C16H18ClNOS/c1-12(2)16(19,13-4-3-9-18-10-13)11-20-15-7-5-14(17)6-8-15/h3-10,12,19H,11H2,1-2H3. The van der Waals surface area contributed by atoms with Crippen LogP contribution in [-0.2, 0) is 5.60 Å². The fourth-order valence-electron chi connectivity index (χ4n) is 1.93. The number of pyridine rings is 1. The molecule has 20 heavy (non-hydrogen) atoms. The Morgan fingerprint density at radius 2 is 1.95 bits per heavy atom. The van der Waals surface area contributed by atoms with E-state index in [1.165, 1.54) is 0 Å². The monoisotopic (exact) mass is 307 g/mol. The molecule has 0 aliphatic heterocycles. The Balaban J connectivity index is 2.16. The molecule has 2 rings (SSSR count). The van der Waals surface area contributed by atoms with Crippen molar-refractivity contribution in [1.29, 1.82) is 0 Å². The summed E-state index contributed by atoms with van der Waals surface area (Å²) in [6.07, 6.45) is 3.46. The predicted octanol–water partition coefficient (Wildman–Crippen LogP) is 4.37. The van der Waals surface area contributed by atoms with Crippen LogP contribution in [0.5, 0.6) is 0 Å². The van der Waals surface area contributed by atoms with E-state index >= 15 is 0 Å². The smallest absolute Gasteiger partial charge is 0.103 e. The molecule has 0 bridgehead atoms. The minimum absolute atomic E-state index is 0.103. The Bertz CT molecular complexity index is 544. The third kappa shape index (κ3) is 3.54. The molecule has 0 saturated heterocycles. The lowest BCUT2D eigenvalue weighted by atomic mass is 9.86. The molecule has 106 valence electrons. The zero-order valence-electron chi connectivity index (χ0n) is 11.6. The summed E-state index contributed by atoms with van der Waals surface area (Å²) < 4.78 is 0. The van der Waals surface area contributed by atoms with Gasteiger partial charge in [0.25, 0.3) is 0 Å². The van der Waals surface area contributed by atoms with Crippen LogP contribution in [0.1, 0.15) is 19.4 Å². The number of nitrogens with zero attached hydrogens (tertiary/aromatic N) is 1. The van der Waals surface area contributed by atoms with Crippen LogP contribution in [0, 0.1) is 5.92 Å². The van der Waals surface area contributed by atoms with Crippen molar-refractivity contribution in [2.24, 2.45) is 5.92 Å². The summed E-state index contributed by atoms with van der Waals surface area (Å²) in [6.45, 7) is 4.05. The zero-order valence-corrected chi connectivity index (χ0v) is 13.2. The number of rotatable bonds is 5. The van der Waals surface area contributed by atoms with Crippen molar-refractivity contribution < 1.29 is 5.11 Å². The number of halogens is 1. The zero-order chi connectivity index (χ0) is 14.6. The fraction of sp³-hybridized carbons (Fsp3) is 0.312. The lowest BCUT2D eigenvalue weighted by Crippen LogP contribution is -2.34. The van der Waals surface area contributed by atoms with Crippen LogP contribution in [0.2, 0.25) is 5.02 Å². The van der Waals surface area contributed by atoms with Crippen LogP contribution in [-0.4, -0.2) is 15.8 Å². The molecule has 0 amide bonds. The average molecular weight is 308 g/mol. The summed E-state index contributed by atoms with van der Waals surface area (Å²) in [7, 11) is 0. The molecule has 1 N–H and O–H groups in total. The molecule has 2 nitrogen and oxygen atoms in total. The normalized spacial score (nSPS) is 14.2. The van der Waals surface area contributed by atoms with E-state index in [1.54, 1.807) is 24.2 Å². The summed E-state index contributed by atoms with van der Waals surface area (Å²) in [4.78, 5) is 5.21. The Morgan fingerprint density at radius 1 is 1.25 bits per heavy atom. The van der Waals surface area contributed by atoms with Gasteiger partial charge in [0.15, 0.2) is 0 Å². The van der Waals surface area contributed by atoms with Crippen molar-refractivity contribution in [3.05, 3.63) is 59.4 Å². The van der Waals surface area contributed by atoms with Crippen molar-refractivity contribution in [3.63, 3.8) is 0 Å². The average Bonchev–Trinajstić information content (AvgIpc) is 2.47. The second-order valence-electron chi connectivity index (χ2n) is 5.06. The molecule has 0 saturated carbocycles. The predicted molar refractivity (Wildman–Crippen MR) is 85.1 cm³/mol. The highest BCUT2D eigenvalue weighted by Crippen LogP contribution is 2.35. The minimum atomic E-state index is -0.890. The number of benzene rings is 1. The molecule has 2 aromatic rings. The molecule has 0 aliphatic carbocycles. The van der Waals surface area contributed by atoms with Crippen molar-refractivity contribution in [1.82, 2.24) is 4.98 Å². The quantitative estimate of drug-likeness (QED) is 0.833. The summed E-state index contributed by atoms with van der Waals surface area (Å²) in [5.74, 6) is 0.685. The summed E-state index contributed by atoms with van der Waals surface area (Å²) in [5, 5.41) is 11.7. The van der Waals surface area contributed by atoms with Gasteiger partial charge in [-0.15, -0.1) is 11.8 Å². The van der Waals surface area contributed by atoms with Crippen LogP contribution in [0.3, 0.4) is 0 Å². The van der Waals surface area contributed by atoms with E-state index in [9.17, 15) is 5.11 Å². The van der Waals surface area contributed by atoms with Crippen LogP contribution >= 0.6 is 23.4 Å². The van der Waals surface area contributed by atoms with E-state index in [4.69, 9.17) is 11.6 Å². The van der Waals surface area contributed by atoms with Gasteiger partial charge in [-0.3, -0.25) is 4.98 Å². The number of thioether (sulfide) groups is 1. The lowest BCUT2D eigenvalue weighted by molar-refractivity contribution is 0.0139. The van der Waals surface area contributed by atoms with E-state index in [0.29, 0.717) is 5.75 Å². The maximum Gasteiger partial charge on any atom is 0.103 e. The van der Waals surface area contributed by atoms with Crippen LogP contribution < -0.4 is 0 Å². The lowest BCUT2D eigenvalue weighted by Gasteiger charge is -2.32. The van der Waals surface area contributed by atoms with E-state index in [1.807, 2.05) is 50.2 Å². The molecule has 4 heteroatoms.